The summed E-state index contributed by atoms with van der Waals surface area (Å²) in [6.45, 7) is 2.88. The number of amides is 2. The van der Waals surface area contributed by atoms with E-state index in [0.717, 1.165) is 11.8 Å². The quantitative estimate of drug-likeness (QED) is 0.556. The number of carbonyl (C=O) groups excluding carboxylic acids is 2. The number of fused-ring (bicyclic) bond motifs is 1. The zero-order valence-corrected chi connectivity index (χ0v) is 15.9. The van der Waals surface area contributed by atoms with Crippen molar-refractivity contribution >= 4 is 29.5 Å². The SMILES string of the molecule is [2H][C@]12N(C(=O)[C@]1([2H])[C@@H](C)O)C(C(=O)O)=C(S[C@@H]1CN[C@H](C(=O)N(C)C)C1)[C@]2([2H])C. The maximum absolute atomic E-state index is 12.6. The predicted molar refractivity (Wildman–Crippen MR) is 96.1 cm³/mol. The number of nitrogens with zero attached hydrogens (tertiary/aromatic N) is 2. The van der Waals surface area contributed by atoms with Crippen LogP contribution in [0.3, 0.4) is 0 Å². The highest BCUT2D eigenvalue weighted by Gasteiger charge is 2.60. The molecule has 8 nitrogen and oxygen atoms in total. The fraction of sp³-hybridized carbons (Fsp3) is 0.706. The summed E-state index contributed by atoms with van der Waals surface area (Å²) < 4.78 is 26.0. The van der Waals surface area contributed by atoms with Gasteiger partial charge in [0.15, 0.2) is 0 Å². The van der Waals surface area contributed by atoms with Crippen LogP contribution in [-0.4, -0.2) is 81.9 Å². The maximum atomic E-state index is 12.6. The van der Waals surface area contributed by atoms with Crippen LogP contribution in [0.4, 0.5) is 0 Å². The molecule has 0 aromatic carbocycles. The topological polar surface area (TPSA) is 110 Å². The molecular formula is C17H25N3O5S. The summed E-state index contributed by atoms with van der Waals surface area (Å²) in [5.74, 6) is -6.87. The van der Waals surface area contributed by atoms with Crippen molar-refractivity contribution in [2.45, 2.75) is 43.7 Å². The van der Waals surface area contributed by atoms with Crippen molar-refractivity contribution in [2.24, 2.45) is 11.8 Å². The van der Waals surface area contributed by atoms with Crippen molar-refractivity contribution in [2.75, 3.05) is 20.6 Å². The van der Waals surface area contributed by atoms with Crippen molar-refractivity contribution in [1.29, 1.82) is 0 Å². The highest BCUT2D eigenvalue weighted by molar-refractivity contribution is 8.03. The van der Waals surface area contributed by atoms with Gasteiger partial charge in [-0.25, -0.2) is 4.79 Å². The van der Waals surface area contributed by atoms with Crippen LogP contribution in [0.15, 0.2) is 10.6 Å². The van der Waals surface area contributed by atoms with Crippen molar-refractivity contribution < 1.29 is 28.7 Å². The maximum Gasteiger partial charge on any atom is 0.353 e. The van der Waals surface area contributed by atoms with Crippen LogP contribution in [0.5, 0.6) is 0 Å². The highest BCUT2D eigenvalue weighted by atomic mass is 32.2. The number of rotatable bonds is 5. The van der Waals surface area contributed by atoms with E-state index < -0.39 is 47.5 Å². The first kappa shape index (κ1) is 15.5. The van der Waals surface area contributed by atoms with Gasteiger partial charge in [0.25, 0.3) is 0 Å². The molecule has 0 unspecified atom stereocenters. The minimum atomic E-state index is -2.34. The van der Waals surface area contributed by atoms with E-state index in [1.165, 1.54) is 18.7 Å². The normalized spacial score (nSPS) is 44.7. The Balaban J connectivity index is 1.96. The minimum Gasteiger partial charge on any atom is -0.477 e. The molecule has 26 heavy (non-hydrogen) atoms. The second-order valence-corrected chi connectivity index (χ2v) is 8.17. The summed E-state index contributed by atoms with van der Waals surface area (Å²) in [6, 6.07) is -2.71. The van der Waals surface area contributed by atoms with Gasteiger partial charge >= 0.3 is 5.97 Å². The molecular weight excluding hydrogens is 358 g/mol. The molecule has 3 aliphatic heterocycles. The van der Waals surface area contributed by atoms with Gasteiger partial charge in [-0.3, -0.25) is 9.59 Å². The molecule has 3 N–H and O–H groups in total. The van der Waals surface area contributed by atoms with Crippen molar-refractivity contribution in [3.8, 4) is 0 Å². The molecule has 144 valence electrons. The number of likely N-dealkylation sites (N-methyl/N-ethyl adjacent to an activating group) is 1. The molecule has 0 bridgehead atoms. The van der Waals surface area contributed by atoms with E-state index in [2.05, 4.69) is 5.32 Å². The van der Waals surface area contributed by atoms with Crippen LogP contribution in [0.1, 0.15) is 24.4 Å². The number of hydrogen-bond donors (Lipinski definition) is 3. The lowest BCUT2D eigenvalue weighted by atomic mass is 9.79. The molecule has 6 atom stereocenters. The van der Waals surface area contributed by atoms with Gasteiger partial charge in [0.05, 0.1) is 25.4 Å². The number of aliphatic carboxylic acids is 1. The number of carboxylic acid groups (broad SMARTS) is 1. The lowest BCUT2D eigenvalue weighted by molar-refractivity contribution is -0.163. The van der Waals surface area contributed by atoms with E-state index in [4.69, 9.17) is 4.11 Å². The third-order valence-electron chi connectivity index (χ3n) is 4.78. The van der Waals surface area contributed by atoms with Gasteiger partial charge in [-0.05, 0) is 13.3 Å². The Morgan fingerprint density at radius 3 is 2.65 bits per heavy atom. The third-order valence-corrected chi connectivity index (χ3v) is 6.21. The lowest BCUT2D eigenvalue weighted by Crippen LogP contribution is -2.63. The summed E-state index contributed by atoms with van der Waals surface area (Å²) in [5.41, 5.74) is -0.488. The van der Waals surface area contributed by atoms with E-state index in [-0.39, 0.29) is 16.1 Å². The molecule has 0 saturated carbocycles. The Labute approximate surface area is 160 Å². The Kier molecular flexibility index (Phi) is 4.08. The first-order valence-electron chi connectivity index (χ1n) is 9.84. The third kappa shape index (κ3) is 2.91. The average Bonchev–Trinajstić information content (AvgIpc) is 3.15. The number of thioether (sulfide) groups is 1. The first-order chi connectivity index (χ1) is 13.2. The largest absolute Gasteiger partial charge is 0.477 e. The lowest BCUT2D eigenvalue weighted by Gasteiger charge is -2.46. The van der Waals surface area contributed by atoms with Gasteiger partial charge in [-0.1, -0.05) is 6.92 Å². The molecule has 2 fully saturated rings. The number of nitrogens with one attached hydrogen (secondary N) is 1. The number of aliphatic hydroxyl groups excluding tert-OH is 1. The molecule has 3 aliphatic rings. The highest BCUT2D eigenvalue weighted by Crippen LogP contribution is 2.51. The van der Waals surface area contributed by atoms with Crippen molar-refractivity contribution in [3.05, 3.63) is 10.6 Å². The first-order valence-corrected chi connectivity index (χ1v) is 9.22. The Bertz CT molecular complexity index is 820. The molecule has 0 spiro atoms. The molecule has 2 saturated heterocycles. The summed E-state index contributed by atoms with van der Waals surface area (Å²) in [5, 5.41) is 22.6. The van der Waals surface area contributed by atoms with Crippen LogP contribution in [0, 0.1) is 11.8 Å². The van der Waals surface area contributed by atoms with Crippen LogP contribution in [0.2, 0.25) is 0 Å². The molecule has 0 aliphatic carbocycles. The van der Waals surface area contributed by atoms with Crippen LogP contribution in [0.25, 0.3) is 0 Å². The number of carboxylic acids is 1. The Hall–Kier alpha value is -1.58. The van der Waals surface area contributed by atoms with E-state index in [1.54, 1.807) is 14.1 Å². The van der Waals surface area contributed by atoms with E-state index in [9.17, 15) is 24.6 Å². The van der Waals surface area contributed by atoms with Crippen LogP contribution >= 0.6 is 11.8 Å². The molecule has 0 radical (unpaired) electrons. The van der Waals surface area contributed by atoms with Crippen molar-refractivity contribution in [3.63, 3.8) is 0 Å². The second-order valence-electron chi connectivity index (χ2n) is 6.86. The molecule has 3 rings (SSSR count). The summed E-state index contributed by atoms with van der Waals surface area (Å²) >= 11 is 1.05. The second kappa shape index (κ2) is 6.86. The van der Waals surface area contributed by atoms with Gasteiger partial charge in [-0.2, -0.15) is 0 Å². The summed E-state index contributed by atoms with van der Waals surface area (Å²) in [7, 11) is 3.27. The number of carbonyl (C=O) groups is 3. The molecule has 2 amide bonds. The summed E-state index contributed by atoms with van der Waals surface area (Å²) in [4.78, 5) is 38.9. The van der Waals surface area contributed by atoms with Gasteiger partial charge in [0, 0.05) is 39.4 Å². The van der Waals surface area contributed by atoms with Gasteiger partial charge in [0.2, 0.25) is 11.8 Å². The van der Waals surface area contributed by atoms with Gasteiger partial charge in [0.1, 0.15) is 5.70 Å². The zero-order chi connectivity index (χ0) is 22.1. The molecule has 9 heteroatoms. The number of aliphatic hydroxyl groups is 1. The van der Waals surface area contributed by atoms with Gasteiger partial charge in [-0.15, -0.1) is 11.8 Å². The number of β-lactam (4-membered cyclic amide) rings is 1. The number of hydrogen-bond acceptors (Lipinski definition) is 6. The molecule has 0 aromatic rings. The van der Waals surface area contributed by atoms with E-state index in [1.807, 2.05) is 0 Å². The fourth-order valence-electron chi connectivity index (χ4n) is 3.53. The Morgan fingerprint density at radius 2 is 2.12 bits per heavy atom. The van der Waals surface area contributed by atoms with Crippen LogP contribution < -0.4 is 5.32 Å². The molecule has 3 heterocycles. The van der Waals surface area contributed by atoms with Crippen LogP contribution in [-0.2, 0) is 14.4 Å². The monoisotopic (exact) mass is 386 g/mol. The van der Waals surface area contributed by atoms with E-state index in [0.29, 0.717) is 17.9 Å². The van der Waals surface area contributed by atoms with Crippen molar-refractivity contribution in [1.82, 2.24) is 15.1 Å². The smallest absolute Gasteiger partial charge is 0.353 e. The fourth-order valence-corrected chi connectivity index (χ4v) is 4.90. The zero-order valence-electron chi connectivity index (χ0n) is 18.1. The molecule has 0 aromatic heterocycles. The van der Waals surface area contributed by atoms with Gasteiger partial charge < -0.3 is 25.3 Å². The standard InChI is InChI=1S/C17H25N3O5S/c1-7-12-11(8(2)21)16(23)20(12)13(17(24)25)14(7)26-9-5-10(18-6-9)15(22)19(3)4/h7-12,18,21H,5-6H2,1-4H3,(H,24,25)/t7-,8-,9+,10+,11-,12-/m1/s1/i7D,11D,12D. The predicted octanol–water partition coefficient (Wildman–Crippen LogP) is -0.308. The average molecular weight is 386 g/mol. The Morgan fingerprint density at radius 1 is 1.46 bits per heavy atom. The minimum absolute atomic E-state index is 0.00660. The summed E-state index contributed by atoms with van der Waals surface area (Å²) in [6.07, 6.45) is -1.15. The van der Waals surface area contributed by atoms with E-state index >= 15 is 0 Å².